The summed E-state index contributed by atoms with van der Waals surface area (Å²) in [4.78, 5) is 5.85. The summed E-state index contributed by atoms with van der Waals surface area (Å²) in [7, 11) is 0. The Hall–Kier alpha value is -1.64. The van der Waals surface area contributed by atoms with Gasteiger partial charge in [-0.3, -0.25) is 4.90 Å². The Labute approximate surface area is 122 Å². The summed E-state index contributed by atoms with van der Waals surface area (Å²) in [5, 5.41) is 9.08. The predicted octanol–water partition coefficient (Wildman–Crippen LogP) is 2.98. The van der Waals surface area contributed by atoms with E-state index in [0.717, 1.165) is 34.8 Å². The molecule has 0 radical (unpaired) electrons. The highest BCUT2D eigenvalue weighted by atomic mass is 32.1. The van der Waals surface area contributed by atoms with E-state index in [1.807, 2.05) is 18.2 Å². The number of aromatic nitrogens is 2. The van der Waals surface area contributed by atoms with Crippen LogP contribution in [0.25, 0.3) is 11.0 Å². The van der Waals surface area contributed by atoms with Gasteiger partial charge in [-0.05, 0) is 49.7 Å². The molecule has 1 aliphatic heterocycles. The van der Waals surface area contributed by atoms with Gasteiger partial charge in [-0.2, -0.15) is 5.26 Å². The quantitative estimate of drug-likeness (QED) is 0.862. The summed E-state index contributed by atoms with van der Waals surface area (Å²) in [5.41, 5.74) is 2.79. The Morgan fingerprint density at radius 3 is 2.85 bits per heavy atom. The van der Waals surface area contributed by atoms with Gasteiger partial charge in [0.2, 0.25) is 0 Å². The fourth-order valence-electron chi connectivity index (χ4n) is 3.30. The van der Waals surface area contributed by atoms with Crippen LogP contribution in [0.3, 0.4) is 0 Å². The van der Waals surface area contributed by atoms with E-state index in [9.17, 15) is 0 Å². The summed E-state index contributed by atoms with van der Waals surface area (Å²) < 4.78 is 2.99. The Bertz CT molecular complexity index is 762. The second kappa shape index (κ2) is 4.44. The van der Waals surface area contributed by atoms with Gasteiger partial charge in [0.15, 0.2) is 4.77 Å². The van der Waals surface area contributed by atoms with Crippen LogP contribution >= 0.6 is 12.2 Å². The lowest BCUT2D eigenvalue weighted by Gasteiger charge is -2.16. The molecule has 1 aliphatic carbocycles. The minimum Gasteiger partial charge on any atom is -0.331 e. The first-order valence-corrected chi connectivity index (χ1v) is 7.55. The number of aromatic amines is 1. The van der Waals surface area contributed by atoms with Crippen molar-refractivity contribution in [2.75, 3.05) is 13.1 Å². The van der Waals surface area contributed by atoms with Gasteiger partial charge in [-0.25, -0.2) is 0 Å². The second-order valence-electron chi connectivity index (χ2n) is 5.81. The van der Waals surface area contributed by atoms with Gasteiger partial charge >= 0.3 is 0 Å². The topological polar surface area (TPSA) is 47.8 Å². The van der Waals surface area contributed by atoms with Crippen LogP contribution in [0.2, 0.25) is 0 Å². The van der Waals surface area contributed by atoms with Gasteiger partial charge in [-0.1, -0.05) is 0 Å². The number of fused-ring (bicyclic) bond motifs is 1. The third-order valence-electron chi connectivity index (χ3n) is 4.47. The van der Waals surface area contributed by atoms with Crippen molar-refractivity contribution >= 4 is 23.3 Å². The summed E-state index contributed by atoms with van der Waals surface area (Å²) >= 11 is 5.49. The van der Waals surface area contributed by atoms with Crippen LogP contribution < -0.4 is 0 Å². The molecule has 0 spiro atoms. The molecule has 2 heterocycles. The van der Waals surface area contributed by atoms with E-state index >= 15 is 0 Å². The van der Waals surface area contributed by atoms with Crippen molar-refractivity contribution < 1.29 is 0 Å². The van der Waals surface area contributed by atoms with Crippen LogP contribution in [-0.2, 0) is 0 Å². The van der Waals surface area contributed by atoms with E-state index in [1.165, 1.54) is 19.4 Å². The largest absolute Gasteiger partial charge is 0.331 e. The molecule has 4 rings (SSSR count). The number of nitrogens with one attached hydrogen (secondary N) is 1. The van der Waals surface area contributed by atoms with Crippen LogP contribution in [0.4, 0.5) is 0 Å². The highest BCUT2D eigenvalue weighted by molar-refractivity contribution is 7.71. The van der Waals surface area contributed by atoms with E-state index in [2.05, 4.69) is 20.5 Å². The molecule has 0 bridgehead atoms. The summed E-state index contributed by atoms with van der Waals surface area (Å²) in [6, 6.07) is 9.20. The lowest BCUT2D eigenvalue weighted by atomic mass is 10.2. The van der Waals surface area contributed by atoms with Crippen molar-refractivity contribution in [1.29, 1.82) is 5.26 Å². The Kier molecular flexibility index (Phi) is 2.69. The average molecular weight is 284 g/mol. The monoisotopic (exact) mass is 284 g/mol. The zero-order chi connectivity index (χ0) is 13.7. The van der Waals surface area contributed by atoms with Crippen LogP contribution in [0, 0.1) is 16.1 Å². The molecule has 2 aromatic rings. The number of hydrogen-bond donors (Lipinski definition) is 1. The molecule has 2 fully saturated rings. The molecule has 1 saturated carbocycles. The first-order valence-electron chi connectivity index (χ1n) is 7.14. The molecule has 20 heavy (non-hydrogen) atoms. The molecule has 1 aromatic heterocycles. The summed E-state index contributed by atoms with van der Waals surface area (Å²) in [6.07, 6.45) is 3.85. The van der Waals surface area contributed by atoms with Crippen molar-refractivity contribution in [2.24, 2.45) is 0 Å². The van der Waals surface area contributed by atoms with Gasteiger partial charge in [0.05, 0.1) is 28.7 Å². The van der Waals surface area contributed by atoms with E-state index in [4.69, 9.17) is 17.5 Å². The molecule has 4 nitrogen and oxygen atoms in total. The minimum absolute atomic E-state index is 0.436. The summed E-state index contributed by atoms with van der Waals surface area (Å²) in [6.45, 7) is 2.25. The van der Waals surface area contributed by atoms with Crippen molar-refractivity contribution in [3.05, 3.63) is 28.5 Å². The van der Waals surface area contributed by atoms with Crippen molar-refractivity contribution in [3.63, 3.8) is 0 Å². The zero-order valence-corrected chi connectivity index (χ0v) is 12.0. The van der Waals surface area contributed by atoms with E-state index in [1.54, 1.807) is 0 Å². The first kappa shape index (κ1) is 12.1. The number of H-pyrrole nitrogens is 1. The van der Waals surface area contributed by atoms with Crippen LogP contribution in [0.1, 0.15) is 30.9 Å². The maximum atomic E-state index is 9.08. The smallest absolute Gasteiger partial charge is 0.178 e. The van der Waals surface area contributed by atoms with Gasteiger partial charge in [-0.15, -0.1) is 0 Å². The summed E-state index contributed by atoms with van der Waals surface area (Å²) in [5.74, 6) is 0. The molecule has 2 aliphatic rings. The number of nitrogens with zero attached hydrogens (tertiary/aromatic N) is 3. The van der Waals surface area contributed by atoms with E-state index in [0.29, 0.717) is 11.6 Å². The SMILES string of the molecule is N#Cc1ccc2[nH]c(=S)n(C3CCN(C4CC4)C3)c2c1. The number of imidazole rings is 1. The first-order chi connectivity index (χ1) is 9.76. The molecule has 1 unspecified atom stereocenters. The number of benzene rings is 1. The van der Waals surface area contributed by atoms with Crippen molar-refractivity contribution in [3.8, 4) is 6.07 Å². The van der Waals surface area contributed by atoms with Crippen LogP contribution in [-0.4, -0.2) is 33.6 Å². The third kappa shape index (κ3) is 1.88. The molecular weight excluding hydrogens is 268 g/mol. The van der Waals surface area contributed by atoms with Crippen LogP contribution in [0.5, 0.6) is 0 Å². The van der Waals surface area contributed by atoms with Crippen LogP contribution in [0.15, 0.2) is 18.2 Å². The molecule has 1 aromatic carbocycles. The maximum Gasteiger partial charge on any atom is 0.178 e. The van der Waals surface area contributed by atoms with Gasteiger partial charge < -0.3 is 9.55 Å². The highest BCUT2D eigenvalue weighted by Crippen LogP contribution is 2.34. The zero-order valence-electron chi connectivity index (χ0n) is 11.2. The average Bonchev–Trinajstić information content (AvgIpc) is 3.10. The standard InChI is InChI=1S/C15H16N4S/c16-8-10-1-4-13-14(7-10)19(15(20)17-13)12-5-6-18(9-12)11-2-3-11/h1,4,7,11-12H,2-3,5-6,9H2,(H,17,20). The Morgan fingerprint density at radius 2 is 2.10 bits per heavy atom. The fourth-order valence-corrected chi connectivity index (χ4v) is 3.66. The number of rotatable bonds is 2. The number of likely N-dealkylation sites (tertiary alicyclic amines) is 1. The maximum absolute atomic E-state index is 9.08. The van der Waals surface area contributed by atoms with Gasteiger partial charge in [0.25, 0.3) is 0 Å². The third-order valence-corrected chi connectivity index (χ3v) is 4.77. The lowest BCUT2D eigenvalue weighted by Crippen LogP contribution is -2.23. The Morgan fingerprint density at radius 1 is 1.25 bits per heavy atom. The normalized spacial score (nSPS) is 23.2. The molecule has 102 valence electrons. The molecule has 5 heteroatoms. The van der Waals surface area contributed by atoms with Gasteiger partial charge in [0, 0.05) is 19.1 Å². The number of hydrogen-bond acceptors (Lipinski definition) is 3. The molecule has 0 amide bonds. The molecule has 1 saturated heterocycles. The van der Waals surface area contributed by atoms with E-state index < -0.39 is 0 Å². The highest BCUT2D eigenvalue weighted by Gasteiger charge is 2.35. The van der Waals surface area contributed by atoms with Crippen molar-refractivity contribution in [1.82, 2.24) is 14.5 Å². The lowest BCUT2D eigenvalue weighted by molar-refractivity contribution is 0.314. The van der Waals surface area contributed by atoms with Gasteiger partial charge in [0.1, 0.15) is 0 Å². The number of nitriles is 1. The van der Waals surface area contributed by atoms with Crippen molar-refractivity contribution in [2.45, 2.75) is 31.3 Å². The molecule has 1 N–H and O–H groups in total. The molecular formula is C15H16N4S. The minimum atomic E-state index is 0.436. The Balaban J connectivity index is 1.77. The fraction of sp³-hybridized carbons (Fsp3) is 0.467. The molecule has 1 atom stereocenters. The second-order valence-corrected chi connectivity index (χ2v) is 6.20. The predicted molar refractivity (Wildman–Crippen MR) is 80.1 cm³/mol. The van der Waals surface area contributed by atoms with E-state index in [-0.39, 0.29) is 0 Å².